The summed E-state index contributed by atoms with van der Waals surface area (Å²) in [5, 5.41) is 6.20. The smallest absolute Gasteiger partial charge is 0.254 e. The molecule has 2 N–H and O–H groups in total. The Morgan fingerprint density at radius 2 is 1.70 bits per heavy atom. The van der Waals surface area contributed by atoms with E-state index in [4.69, 9.17) is 19.6 Å². The van der Waals surface area contributed by atoms with Crippen LogP contribution in [0.1, 0.15) is 73.3 Å². The predicted octanol–water partition coefficient (Wildman–Crippen LogP) is 3.52. The minimum absolute atomic E-state index is 0.0388. The van der Waals surface area contributed by atoms with Crippen molar-refractivity contribution in [1.82, 2.24) is 14.8 Å². The van der Waals surface area contributed by atoms with Crippen molar-refractivity contribution in [2.75, 3.05) is 46.0 Å². The van der Waals surface area contributed by atoms with Gasteiger partial charge in [0.2, 0.25) is 11.8 Å². The number of ether oxygens (including phenoxy) is 2. The van der Waals surface area contributed by atoms with E-state index in [1.807, 2.05) is 21.9 Å². The van der Waals surface area contributed by atoms with Crippen LogP contribution in [-0.2, 0) is 9.53 Å². The van der Waals surface area contributed by atoms with Crippen LogP contribution in [0.3, 0.4) is 0 Å². The van der Waals surface area contributed by atoms with Crippen LogP contribution in [0.4, 0.5) is 0 Å². The molecule has 0 atom stereocenters. The molecule has 4 heterocycles. The van der Waals surface area contributed by atoms with Gasteiger partial charge in [0, 0.05) is 73.8 Å². The van der Waals surface area contributed by atoms with E-state index in [1.165, 1.54) is 23.1 Å². The van der Waals surface area contributed by atoms with Gasteiger partial charge in [0.1, 0.15) is 0 Å². The van der Waals surface area contributed by atoms with Gasteiger partial charge in [-0.2, -0.15) is 0 Å². The third kappa shape index (κ3) is 5.68. The highest BCUT2D eigenvalue weighted by Gasteiger charge is 2.39. The number of carbonyl (C=O) groups is 2. The Balaban J connectivity index is 1.06. The highest BCUT2D eigenvalue weighted by atomic mass is 32.2. The predicted molar refractivity (Wildman–Crippen MR) is 142 cm³/mol. The first-order chi connectivity index (χ1) is 18.1. The van der Waals surface area contributed by atoms with Gasteiger partial charge in [-0.3, -0.25) is 14.7 Å². The van der Waals surface area contributed by atoms with Crippen molar-refractivity contribution in [1.29, 1.82) is 0 Å². The molecule has 0 aromatic carbocycles. The number of hydrogen-bond donors (Lipinski definition) is 1. The maximum Gasteiger partial charge on any atom is 0.254 e. The summed E-state index contributed by atoms with van der Waals surface area (Å²) in [6.45, 7) is 5.08. The van der Waals surface area contributed by atoms with E-state index < -0.39 is 0 Å². The van der Waals surface area contributed by atoms with E-state index in [2.05, 4.69) is 0 Å². The van der Waals surface area contributed by atoms with Gasteiger partial charge in [-0.05, 0) is 74.5 Å². The summed E-state index contributed by atoms with van der Waals surface area (Å²) in [5.74, 6) is 1.85. The number of rotatable bonds is 7. The van der Waals surface area contributed by atoms with Gasteiger partial charge in [0.25, 0.3) is 5.91 Å². The molecule has 3 fully saturated rings. The molecule has 0 spiro atoms. The molecule has 2 amide bonds. The number of nitrogens with zero attached hydrogens (tertiary/aromatic N) is 3. The Morgan fingerprint density at radius 1 is 1.00 bits per heavy atom. The van der Waals surface area contributed by atoms with Gasteiger partial charge < -0.3 is 19.3 Å². The number of carbonyl (C=O) groups excluding carboxylic acids is 2. The lowest BCUT2D eigenvalue weighted by Crippen LogP contribution is -2.42. The first kappa shape index (κ1) is 25.2. The van der Waals surface area contributed by atoms with Crippen LogP contribution in [-0.4, -0.2) is 77.8 Å². The number of likely N-dealkylation sites (tertiary alicyclic amines) is 2. The molecule has 2 aliphatic carbocycles. The summed E-state index contributed by atoms with van der Waals surface area (Å²) >= 11 is 1.42. The van der Waals surface area contributed by atoms with Gasteiger partial charge in [0.05, 0.1) is 6.61 Å². The molecule has 200 valence electrons. The van der Waals surface area contributed by atoms with Crippen molar-refractivity contribution in [3.05, 3.63) is 34.5 Å². The van der Waals surface area contributed by atoms with Gasteiger partial charge in [-0.1, -0.05) is 11.9 Å². The number of nitrogens with two attached hydrogens (primary N) is 1. The number of aromatic nitrogens is 1. The molecule has 0 radical (unpaired) electrons. The summed E-state index contributed by atoms with van der Waals surface area (Å²) in [5.41, 5.74) is 4.22. The maximum atomic E-state index is 13.6. The van der Waals surface area contributed by atoms with Crippen molar-refractivity contribution < 1.29 is 19.1 Å². The number of hydrogen-bond acceptors (Lipinski definition) is 7. The van der Waals surface area contributed by atoms with Crippen LogP contribution < -0.4 is 9.88 Å². The Kier molecular flexibility index (Phi) is 7.45. The van der Waals surface area contributed by atoms with Crippen molar-refractivity contribution in [2.24, 2.45) is 17.0 Å². The Hall–Kier alpha value is -2.10. The molecule has 8 nitrogen and oxygen atoms in total. The first-order valence-corrected chi connectivity index (χ1v) is 14.9. The van der Waals surface area contributed by atoms with E-state index >= 15 is 0 Å². The second-order valence-corrected chi connectivity index (χ2v) is 12.3. The zero-order chi connectivity index (χ0) is 25.4. The zero-order valence-electron chi connectivity index (χ0n) is 21.5. The van der Waals surface area contributed by atoms with Crippen molar-refractivity contribution in [2.45, 2.75) is 62.5 Å². The molecule has 5 aliphatic rings. The zero-order valence-corrected chi connectivity index (χ0v) is 22.3. The fourth-order valence-corrected chi connectivity index (χ4v) is 6.71. The lowest BCUT2D eigenvalue weighted by atomic mass is 10.00. The van der Waals surface area contributed by atoms with Crippen LogP contribution in [0.25, 0.3) is 0 Å². The van der Waals surface area contributed by atoms with Gasteiger partial charge in [-0.15, -0.1) is 0 Å². The largest absolute Gasteiger partial charge is 0.477 e. The second-order valence-electron chi connectivity index (χ2n) is 11.4. The topological polar surface area (TPSA) is 98.0 Å². The van der Waals surface area contributed by atoms with Crippen LogP contribution >= 0.6 is 11.9 Å². The summed E-state index contributed by atoms with van der Waals surface area (Å²) in [6, 6.07) is 3.80. The minimum atomic E-state index is 0.0388. The summed E-state index contributed by atoms with van der Waals surface area (Å²) in [4.78, 5) is 35.4. The molecule has 2 saturated heterocycles. The number of amides is 2. The van der Waals surface area contributed by atoms with E-state index in [1.54, 1.807) is 0 Å². The van der Waals surface area contributed by atoms with Crippen molar-refractivity contribution in [3.63, 3.8) is 0 Å². The normalized spacial score (nSPS) is 23.6. The highest BCUT2D eigenvalue weighted by molar-refractivity contribution is 7.97. The first-order valence-electron chi connectivity index (χ1n) is 13.9. The highest BCUT2D eigenvalue weighted by Crippen LogP contribution is 2.41. The van der Waals surface area contributed by atoms with E-state index in [0.717, 1.165) is 83.4 Å². The summed E-state index contributed by atoms with van der Waals surface area (Å²) < 4.78 is 11.6. The molecule has 0 bridgehead atoms. The van der Waals surface area contributed by atoms with Gasteiger partial charge in [-0.25, -0.2) is 4.98 Å². The Morgan fingerprint density at radius 3 is 2.35 bits per heavy atom. The molecule has 0 unspecified atom stereocenters. The number of pyridine rings is 1. The Labute approximate surface area is 223 Å². The molecule has 37 heavy (non-hydrogen) atoms. The van der Waals surface area contributed by atoms with Gasteiger partial charge in [0.15, 0.2) is 0 Å². The molecule has 1 aromatic heterocycles. The fraction of sp³-hybridized carbons (Fsp3) is 0.679. The van der Waals surface area contributed by atoms with E-state index in [-0.39, 0.29) is 17.7 Å². The second kappa shape index (κ2) is 10.9. The monoisotopic (exact) mass is 526 g/mol. The third-order valence-corrected chi connectivity index (χ3v) is 9.56. The third-order valence-electron chi connectivity index (χ3n) is 8.70. The molecule has 3 aliphatic heterocycles. The Bertz CT molecular complexity index is 1040. The van der Waals surface area contributed by atoms with Crippen LogP contribution in [0.5, 0.6) is 5.88 Å². The molecular formula is C28H38N4O4S. The van der Waals surface area contributed by atoms with Crippen LogP contribution in [0, 0.1) is 11.8 Å². The molecular weight excluding hydrogens is 488 g/mol. The van der Waals surface area contributed by atoms with E-state index in [0.29, 0.717) is 48.2 Å². The van der Waals surface area contributed by atoms with Crippen molar-refractivity contribution in [3.8, 4) is 5.88 Å². The lowest BCUT2D eigenvalue weighted by Gasteiger charge is -2.33. The molecule has 9 heteroatoms. The van der Waals surface area contributed by atoms with Gasteiger partial charge >= 0.3 is 0 Å². The summed E-state index contributed by atoms with van der Waals surface area (Å²) in [6.07, 6.45) is 7.79. The average molecular weight is 527 g/mol. The van der Waals surface area contributed by atoms with Crippen molar-refractivity contribution >= 4 is 23.8 Å². The maximum absolute atomic E-state index is 13.6. The van der Waals surface area contributed by atoms with E-state index in [9.17, 15) is 9.59 Å². The fourth-order valence-electron chi connectivity index (χ4n) is 6.22. The van der Waals surface area contributed by atoms with Crippen LogP contribution in [0.15, 0.2) is 23.3 Å². The SMILES string of the molecule is NSC1CCN(C(=O)C2CC3=C(C2)CN(C(=O)c2cc(OCC4CCOCC4)nc(C4CC4)c2)C3)CC1. The lowest BCUT2D eigenvalue weighted by molar-refractivity contribution is -0.136. The molecule has 1 saturated carbocycles. The summed E-state index contributed by atoms with van der Waals surface area (Å²) in [7, 11) is 0. The number of piperidine rings is 1. The quantitative estimate of drug-likeness (QED) is 0.429. The minimum Gasteiger partial charge on any atom is -0.477 e. The average Bonchev–Trinajstić information content (AvgIpc) is 3.61. The van der Waals surface area contributed by atoms with Crippen LogP contribution in [0.2, 0.25) is 0 Å². The standard InChI is InChI=1S/C28H38N4O4S/c29-37-24-3-7-31(8-4-24)27(33)20-11-22-15-32(16-23(22)12-20)28(34)21-13-25(19-1-2-19)30-26(14-21)36-17-18-5-9-35-10-6-18/h13-14,18-20,24H,1-12,15-17,29H2. The molecule has 1 aromatic rings. The molecule has 6 rings (SSSR count).